The van der Waals surface area contributed by atoms with Crippen LogP contribution in [-0.2, 0) is 16.0 Å². The maximum atomic E-state index is 12.0. The molecular formula is C16H21N3O3. The van der Waals surface area contributed by atoms with Crippen molar-refractivity contribution in [2.24, 2.45) is 0 Å². The molecule has 2 amide bonds. The molecule has 0 bridgehead atoms. The molecule has 0 aliphatic carbocycles. The lowest BCUT2D eigenvalue weighted by Gasteiger charge is -2.25. The van der Waals surface area contributed by atoms with Crippen LogP contribution < -0.4 is 15.5 Å². The Bertz CT molecular complexity index is 602. The lowest BCUT2D eigenvalue weighted by Crippen LogP contribution is -2.33. The molecule has 0 radical (unpaired) electrons. The highest BCUT2D eigenvalue weighted by Gasteiger charge is 2.32. The Morgan fingerprint density at radius 2 is 2.32 bits per heavy atom. The molecule has 0 spiro atoms. The van der Waals surface area contributed by atoms with E-state index in [1.807, 2.05) is 12.1 Å². The van der Waals surface area contributed by atoms with Gasteiger partial charge in [0.2, 0.25) is 5.91 Å². The highest BCUT2D eigenvalue weighted by atomic mass is 16.6. The molecule has 2 N–H and O–H groups in total. The van der Waals surface area contributed by atoms with Crippen molar-refractivity contribution in [1.29, 1.82) is 0 Å². The van der Waals surface area contributed by atoms with Gasteiger partial charge in [0.1, 0.15) is 6.10 Å². The van der Waals surface area contributed by atoms with E-state index in [-0.39, 0.29) is 18.1 Å². The minimum Gasteiger partial charge on any atom is -0.442 e. The molecule has 1 saturated heterocycles. The summed E-state index contributed by atoms with van der Waals surface area (Å²) < 4.78 is 5.30. The van der Waals surface area contributed by atoms with Crippen molar-refractivity contribution in [1.82, 2.24) is 5.32 Å². The Labute approximate surface area is 129 Å². The van der Waals surface area contributed by atoms with Crippen LogP contribution in [0.25, 0.3) is 0 Å². The fraction of sp³-hybridized carbons (Fsp3) is 0.500. The standard InChI is InChI=1S/C16H21N3O3/c1-10-3-4-12-7-13(5-6-15(12)18-10)19-9-14(22-16(19)21)8-17-11(2)20/h5-7,10,14,18H,3-4,8-9H2,1-2H3,(H,17,20)/t10?,14-/m0/s1. The summed E-state index contributed by atoms with van der Waals surface area (Å²) >= 11 is 0. The summed E-state index contributed by atoms with van der Waals surface area (Å²) in [6.45, 7) is 4.43. The maximum Gasteiger partial charge on any atom is 0.414 e. The van der Waals surface area contributed by atoms with E-state index in [2.05, 4.69) is 23.6 Å². The lowest BCUT2D eigenvalue weighted by molar-refractivity contribution is -0.119. The Morgan fingerprint density at radius 1 is 1.50 bits per heavy atom. The van der Waals surface area contributed by atoms with E-state index in [1.54, 1.807) is 4.90 Å². The van der Waals surface area contributed by atoms with Gasteiger partial charge in [-0.2, -0.15) is 0 Å². The van der Waals surface area contributed by atoms with Crippen LogP contribution in [0.2, 0.25) is 0 Å². The molecule has 6 nitrogen and oxygen atoms in total. The lowest BCUT2D eigenvalue weighted by atomic mass is 9.98. The van der Waals surface area contributed by atoms with Crippen LogP contribution in [0, 0.1) is 0 Å². The second-order valence-corrected chi connectivity index (χ2v) is 5.98. The molecule has 22 heavy (non-hydrogen) atoms. The molecule has 3 rings (SSSR count). The molecule has 1 aromatic carbocycles. The van der Waals surface area contributed by atoms with Gasteiger partial charge in [-0.25, -0.2) is 4.79 Å². The summed E-state index contributed by atoms with van der Waals surface area (Å²) in [5.74, 6) is -0.122. The van der Waals surface area contributed by atoms with E-state index >= 15 is 0 Å². The van der Waals surface area contributed by atoms with Gasteiger partial charge in [0.25, 0.3) is 0 Å². The van der Waals surface area contributed by atoms with Crippen LogP contribution >= 0.6 is 0 Å². The van der Waals surface area contributed by atoms with Crippen LogP contribution in [0.4, 0.5) is 16.2 Å². The Kier molecular flexibility index (Phi) is 3.92. The Balaban J connectivity index is 1.71. The third kappa shape index (κ3) is 3.00. The quantitative estimate of drug-likeness (QED) is 0.894. The molecular weight excluding hydrogens is 282 g/mol. The third-order valence-electron chi connectivity index (χ3n) is 4.10. The summed E-state index contributed by atoms with van der Waals surface area (Å²) in [4.78, 5) is 24.6. The molecule has 1 unspecified atom stereocenters. The molecule has 2 aliphatic heterocycles. The number of hydrogen-bond acceptors (Lipinski definition) is 4. The number of cyclic esters (lactones) is 1. The topological polar surface area (TPSA) is 70.7 Å². The predicted molar refractivity (Wildman–Crippen MR) is 84.1 cm³/mol. The average Bonchev–Trinajstić information content (AvgIpc) is 2.85. The van der Waals surface area contributed by atoms with Crippen LogP contribution in [0.5, 0.6) is 0 Å². The summed E-state index contributed by atoms with van der Waals surface area (Å²) in [7, 11) is 0. The van der Waals surface area contributed by atoms with Gasteiger partial charge >= 0.3 is 6.09 Å². The van der Waals surface area contributed by atoms with Crippen LogP contribution in [0.1, 0.15) is 25.8 Å². The largest absolute Gasteiger partial charge is 0.442 e. The molecule has 2 aliphatic rings. The van der Waals surface area contributed by atoms with Crippen molar-refractivity contribution >= 4 is 23.4 Å². The first-order chi connectivity index (χ1) is 10.5. The van der Waals surface area contributed by atoms with Crippen molar-refractivity contribution in [3.8, 4) is 0 Å². The number of carbonyl (C=O) groups is 2. The van der Waals surface area contributed by atoms with Gasteiger partial charge in [-0.1, -0.05) is 0 Å². The van der Waals surface area contributed by atoms with E-state index in [0.717, 1.165) is 24.2 Å². The van der Waals surface area contributed by atoms with Crippen LogP contribution in [0.15, 0.2) is 18.2 Å². The molecule has 2 atom stereocenters. The normalized spacial score (nSPS) is 23.5. The van der Waals surface area contributed by atoms with E-state index in [4.69, 9.17) is 4.74 Å². The van der Waals surface area contributed by atoms with E-state index in [9.17, 15) is 9.59 Å². The highest BCUT2D eigenvalue weighted by Crippen LogP contribution is 2.30. The molecule has 6 heteroatoms. The third-order valence-corrected chi connectivity index (χ3v) is 4.10. The first-order valence-corrected chi connectivity index (χ1v) is 7.65. The summed E-state index contributed by atoms with van der Waals surface area (Å²) in [6, 6.07) is 6.49. The molecule has 1 aromatic rings. The molecule has 0 saturated carbocycles. The van der Waals surface area contributed by atoms with Crippen LogP contribution in [0.3, 0.4) is 0 Å². The zero-order valence-corrected chi connectivity index (χ0v) is 12.9. The fourth-order valence-corrected chi connectivity index (χ4v) is 2.90. The monoisotopic (exact) mass is 303 g/mol. The minimum atomic E-state index is -0.354. The molecule has 2 heterocycles. The number of hydrogen-bond donors (Lipinski definition) is 2. The van der Waals surface area contributed by atoms with Crippen molar-refractivity contribution < 1.29 is 14.3 Å². The number of carbonyl (C=O) groups excluding carboxylic acids is 2. The SMILES string of the molecule is CC(=O)NC[C@H]1CN(c2ccc3c(c2)CCC(C)N3)C(=O)O1. The number of aryl methyl sites for hydroxylation is 1. The number of nitrogens with one attached hydrogen (secondary N) is 2. The number of rotatable bonds is 3. The number of nitrogens with zero attached hydrogens (tertiary/aromatic N) is 1. The van der Waals surface area contributed by atoms with Crippen LogP contribution in [-0.4, -0.2) is 37.2 Å². The number of ether oxygens (including phenoxy) is 1. The van der Waals surface area contributed by atoms with Crippen molar-refractivity contribution in [2.75, 3.05) is 23.3 Å². The second kappa shape index (κ2) is 5.87. The smallest absolute Gasteiger partial charge is 0.414 e. The number of anilines is 2. The predicted octanol–water partition coefficient (Wildman–Crippen LogP) is 1.89. The Morgan fingerprint density at radius 3 is 3.09 bits per heavy atom. The number of benzene rings is 1. The van der Waals surface area contributed by atoms with Gasteiger partial charge in [-0.05, 0) is 43.5 Å². The molecule has 0 aromatic heterocycles. The maximum absolute atomic E-state index is 12.0. The minimum absolute atomic E-state index is 0.122. The first kappa shape index (κ1) is 14.7. The molecule has 118 valence electrons. The van der Waals surface area contributed by atoms with Gasteiger partial charge in [0.15, 0.2) is 0 Å². The van der Waals surface area contributed by atoms with Crippen molar-refractivity contribution in [3.63, 3.8) is 0 Å². The summed E-state index contributed by atoms with van der Waals surface area (Å²) in [5.41, 5.74) is 3.23. The fourth-order valence-electron chi connectivity index (χ4n) is 2.90. The van der Waals surface area contributed by atoms with Crippen molar-refractivity contribution in [2.45, 2.75) is 38.8 Å². The molecule has 1 fully saturated rings. The summed E-state index contributed by atoms with van der Waals surface area (Å²) in [5, 5.41) is 6.13. The Hall–Kier alpha value is -2.24. The van der Waals surface area contributed by atoms with Gasteiger partial charge in [0.05, 0.1) is 13.1 Å². The van der Waals surface area contributed by atoms with E-state index in [0.29, 0.717) is 19.1 Å². The van der Waals surface area contributed by atoms with Crippen molar-refractivity contribution in [3.05, 3.63) is 23.8 Å². The first-order valence-electron chi connectivity index (χ1n) is 7.65. The van der Waals surface area contributed by atoms with Gasteiger partial charge in [-0.3, -0.25) is 9.69 Å². The number of amides is 2. The van der Waals surface area contributed by atoms with Gasteiger partial charge < -0.3 is 15.4 Å². The van der Waals surface area contributed by atoms with Gasteiger partial charge in [-0.15, -0.1) is 0 Å². The summed E-state index contributed by atoms with van der Waals surface area (Å²) in [6.07, 6.45) is 1.44. The van der Waals surface area contributed by atoms with E-state index < -0.39 is 0 Å². The second-order valence-electron chi connectivity index (χ2n) is 5.98. The van der Waals surface area contributed by atoms with Gasteiger partial charge in [0, 0.05) is 24.3 Å². The average molecular weight is 303 g/mol. The van der Waals surface area contributed by atoms with E-state index in [1.165, 1.54) is 12.5 Å². The zero-order valence-electron chi connectivity index (χ0n) is 12.9. The zero-order chi connectivity index (χ0) is 15.7. The number of fused-ring (bicyclic) bond motifs is 1. The highest BCUT2D eigenvalue weighted by molar-refractivity contribution is 5.90.